The van der Waals surface area contributed by atoms with E-state index < -0.39 is 0 Å². The lowest BCUT2D eigenvalue weighted by molar-refractivity contribution is -0.133. The van der Waals surface area contributed by atoms with Crippen LogP contribution in [-0.4, -0.2) is 54.5 Å². The molecule has 3 atom stereocenters. The molecule has 5 heteroatoms. The standard InChI is InChI=1S/C16H28N2O3/c1-11(2)16(12(3)19)17-15(20)10-18-8-9-21-14-7-5-4-6-13(14)18/h11,13-14,16H,4-10H2,1-3H3,(H,17,20)/t13-,14+,16+/m0/s1. The Labute approximate surface area is 127 Å². The van der Waals surface area contributed by atoms with Gasteiger partial charge in [-0.3, -0.25) is 14.5 Å². The van der Waals surface area contributed by atoms with Crippen molar-refractivity contribution < 1.29 is 14.3 Å². The van der Waals surface area contributed by atoms with Crippen LogP contribution in [0.1, 0.15) is 46.5 Å². The topological polar surface area (TPSA) is 58.6 Å². The van der Waals surface area contributed by atoms with E-state index in [0.717, 1.165) is 19.4 Å². The minimum absolute atomic E-state index is 0.0240. The summed E-state index contributed by atoms with van der Waals surface area (Å²) in [6.45, 7) is 7.34. The Morgan fingerprint density at radius 3 is 2.67 bits per heavy atom. The van der Waals surface area contributed by atoms with Crippen molar-refractivity contribution in [1.29, 1.82) is 0 Å². The van der Waals surface area contributed by atoms with Crippen molar-refractivity contribution in [3.05, 3.63) is 0 Å². The number of nitrogens with one attached hydrogen (secondary N) is 1. The molecule has 0 aromatic rings. The first-order valence-corrected chi connectivity index (χ1v) is 8.14. The van der Waals surface area contributed by atoms with E-state index >= 15 is 0 Å². The number of amides is 1. The Balaban J connectivity index is 1.90. The Hall–Kier alpha value is -0.940. The SMILES string of the molecule is CC(=O)[C@H](NC(=O)CN1CCO[C@@H]2CCCC[C@@H]21)C(C)C. The van der Waals surface area contributed by atoms with Gasteiger partial charge in [0, 0.05) is 12.6 Å². The van der Waals surface area contributed by atoms with E-state index in [9.17, 15) is 9.59 Å². The maximum absolute atomic E-state index is 12.3. The summed E-state index contributed by atoms with van der Waals surface area (Å²) in [5, 5.41) is 2.89. The summed E-state index contributed by atoms with van der Waals surface area (Å²) >= 11 is 0. The van der Waals surface area contributed by atoms with Crippen molar-refractivity contribution in [2.24, 2.45) is 5.92 Å². The minimum Gasteiger partial charge on any atom is -0.375 e. The predicted octanol–water partition coefficient (Wildman–Crippen LogP) is 1.36. The zero-order valence-electron chi connectivity index (χ0n) is 13.4. The summed E-state index contributed by atoms with van der Waals surface area (Å²) in [6, 6.07) is -0.00577. The van der Waals surface area contributed by atoms with E-state index in [0.29, 0.717) is 19.2 Å². The van der Waals surface area contributed by atoms with E-state index in [1.54, 1.807) is 0 Å². The third kappa shape index (κ3) is 4.27. The molecule has 0 aromatic heterocycles. The average Bonchev–Trinajstić information content (AvgIpc) is 2.44. The highest BCUT2D eigenvalue weighted by Gasteiger charge is 2.35. The van der Waals surface area contributed by atoms with Gasteiger partial charge in [-0.15, -0.1) is 0 Å². The fourth-order valence-electron chi connectivity index (χ4n) is 3.51. The molecule has 1 amide bonds. The van der Waals surface area contributed by atoms with Crippen LogP contribution in [-0.2, 0) is 14.3 Å². The van der Waals surface area contributed by atoms with Crippen molar-refractivity contribution in [3.63, 3.8) is 0 Å². The molecular formula is C16H28N2O3. The van der Waals surface area contributed by atoms with Crippen molar-refractivity contribution in [2.75, 3.05) is 19.7 Å². The monoisotopic (exact) mass is 296 g/mol. The number of ketones is 1. The highest BCUT2D eigenvalue weighted by atomic mass is 16.5. The van der Waals surface area contributed by atoms with E-state index in [-0.39, 0.29) is 29.8 Å². The molecule has 0 bridgehead atoms. The third-order valence-electron chi connectivity index (χ3n) is 4.61. The molecule has 0 unspecified atom stereocenters. The van der Waals surface area contributed by atoms with Crippen LogP contribution >= 0.6 is 0 Å². The molecule has 5 nitrogen and oxygen atoms in total. The summed E-state index contributed by atoms with van der Waals surface area (Å²) < 4.78 is 5.82. The molecule has 2 fully saturated rings. The first-order valence-electron chi connectivity index (χ1n) is 8.14. The largest absolute Gasteiger partial charge is 0.375 e. The molecular weight excluding hydrogens is 268 g/mol. The second-order valence-electron chi connectivity index (χ2n) is 6.63. The molecule has 0 spiro atoms. The molecule has 2 aliphatic rings. The number of hydrogen-bond donors (Lipinski definition) is 1. The number of rotatable bonds is 5. The molecule has 2 rings (SSSR count). The van der Waals surface area contributed by atoms with Gasteiger partial charge in [0.1, 0.15) is 0 Å². The maximum Gasteiger partial charge on any atom is 0.234 e. The molecule has 0 aromatic carbocycles. The highest BCUT2D eigenvalue weighted by Crippen LogP contribution is 2.28. The smallest absolute Gasteiger partial charge is 0.234 e. The third-order valence-corrected chi connectivity index (χ3v) is 4.61. The molecule has 21 heavy (non-hydrogen) atoms. The van der Waals surface area contributed by atoms with Gasteiger partial charge in [-0.05, 0) is 25.7 Å². The number of Topliss-reactive ketones (excluding diaryl/α,β-unsaturated/α-hetero) is 1. The van der Waals surface area contributed by atoms with Crippen LogP contribution < -0.4 is 5.32 Å². The second kappa shape index (κ2) is 7.36. The van der Waals surface area contributed by atoms with Gasteiger partial charge in [-0.2, -0.15) is 0 Å². The van der Waals surface area contributed by atoms with Crippen molar-refractivity contribution in [1.82, 2.24) is 10.2 Å². The number of nitrogens with zero attached hydrogens (tertiary/aromatic N) is 1. The minimum atomic E-state index is -0.374. The lowest BCUT2D eigenvalue weighted by atomic mass is 9.90. The Kier molecular flexibility index (Phi) is 5.76. The van der Waals surface area contributed by atoms with Crippen LogP contribution in [0.15, 0.2) is 0 Å². The van der Waals surface area contributed by atoms with Crippen LogP contribution in [0.3, 0.4) is 0 Å². The number of carbonyl (C=O) groups excluding carboxylic acids is 2. The van der Waals surface area contributed by atoms with E-state index in [1.165, 1.54) is 19.8 Å². The van der Waals surface area contributed by atoms with Gasteiger partial charge in [0.25, 0.3) is 0 Å². The molecule has 0 radical (unpaired) electrons. The number of hydrogen-bond acceptors (Lipinski definition) is 4. The summed E-state index contributed by atoms with van der Waals surface area (Å²) in [5.74, 6) is 0.101. The lowest BCUT2D eigenvalue weighted by Gasteiger charge is -2.43. The summed E-state index contributed by atoms with van der Waals surface area (Å²) in [4.78, 5) is 26.1. The summed E-state index contributed by atoms with van der Waals surface area (Å²) in [6.07, 6.45) is 4.93. The molecule has 1 aliphatic heterocycles. The zero-order chi connectivity index (χ0) is 15.4. The number of carbonyl (C=O) groups is 2. The van der Waals surface area contributed by atoms with Gasteiger partial charge in [-0.25, -0.2) is 0 Å². The first kappa shape index (κ1) is 16.4. The van der Waals surface area contributed by atoms with Crippen molar-refractivity contribution in [2.45, 2.75) is 64.6 Å². The quantitative estimate of drug-likeness (QED) is 0.832. The van der Waals surface area contributed by atoms with Gasteiger partial charge < -0.3 is 10.1 Å². The zero-order valence-corrected chi connectivity index (χ0v) is 13.4. The average molecular weight is 296 g/mol. The summed E-state index contributed by atoms with van der Waals surface area (Å²) in [5.41, 5.74) is 0. The fourth-order valence-corrected chi connectivity index (χ4v) is 3.51. The van der Waals surface area contributed by atoms with Crippen LogP contribution in [0.5, 0.6) is 0 Å². The highest BCUT2D eigenvalue weighted by molar-refractivity contribution is 5.88. The number of morpholine rings is 1. The molecule has 1 saturated heterocycles. The Morgan fingerprint density at radius 2 is 2.00 bits per heavy atom. The van der Waals surface area contributed by atoms with Crippen molar-refractivity contribution in [3.8, 4) is 0 Å². The lowest BCUT2D eigenvalue weighted by Crippen LogP contribution is -2.56. The Bertz CT molecular complexity index is 382. The van der Waals surface area contributed by atoms with Gasteiger partial charge in [0.05, 0.1) is 25.3 Å². The molecule has 1 N–H and O–H groups in total. The predicted molar refractivity (Wildman–Crippen MR) is 81.0 cm³/mol. The van der Waals surface area contributed by atoms with E-state index in [1.807, 2.05) is 13.8 Å². The number of ether oxygens (including phenoxy) is 1. The van der Waals surface area contributed by atoms with Gasteiger partial charge in [0.15, 0.2) is 5.78 Å². The molecule has 120 valence electrons. The molecule has 1 aliphatic carbocycles. The van der Waals surface area contributed by atoms with Crippen LogP contribution in [0.4, 0.5) is 0 Å². The molecule has 1 saturated carbocycles. The first-order chi connectivity index (χ1) is 9.99. The second-order valence-corrected chi connectivity index (χ2v) is 6.63. The van der Waals surface area contributed by atoms with E-state index in [4.69, 9.17) is 4.74 Å². The van der Waals surface area contributed by atoms with Crippen LogP contribution in [0.2, 0.25) is 0 Å². The van der Waals surface area contributed by atoms with Gasteiger partial charge >= 0.3 is 0 Å². The molecule has 1 heterocycles. The van der Waals surface area contributed by atoms with Gasteiger partial charge in [0.2, 0.25) is 5.91 Å². The summed E-state index contributed by atoms with van der Waals surface area (Å²) in [7, 11) is 0. The fraction of sp³-hybridized carbons (Fsp3) is 0.875. The number of fused-ring (bicyclic) bond motifs is 1. The van der Waals surface area contributed by atoms with Crippen LogP contribution in [0.25, 0.3) is 0 Å². The maximum atomic E-state index is 12.3. The van der Waals surface area contributed by atoms with Crippen LogP contribution in [0, 0.1) is 5.92 Å². The van der Waals surface area contributed by atoms with Gasteiger partial charge in [-0.1, -0.05) is 26.7 Å². The van der Waals surface area contributed by atoms with Crippen molar-refractivity contribution >= 4 is 11.7 Å². The Morgan fingerprint density at radius 1 is 1.29 bits per heavy atom. The van der Waals surface area contributed by atoms with E-state index in [2.05, 4.69) is 10.2 Å². The normalized spacial score (nSPS) is 28.0.